The summed E-state index contributed by atoms with van der Waals surface area (Å²) in [4.78, 5) is 17.4. The summed E-state index contributed by atoms with van der Waals surface area (Å²) in [6, 6.07) is 8.24. The molecule has 0 bridgehead atoms. The lowest BCUT2D eigenvalue weighted by molar-refractivity contribution is -0.116. The van der Waals surface area contributed by atoms with E-state index >= 15 is 0 Å². The number of carbonyl (C=O) groups is 1. The summed E-state index contributed by atoms with van der Waals surface area (Å²) in [5.41, 5.74) is 3.07. The Morgan fingerprint density at radius 1 is 1.13 bits per heavy atom. The average molecular weight is 406 g/mol. The molecule has 1 atom stereocenters. The highest BCUT2D eigenvalue weighted by Gasteiger charge is 2.36. The Balaban J connectivity index is 1.57. The zero-order valence-electron chi connectivity index (χ0n) is 17.5. The fourth-order valence-corrected chi connectivity index (χ4v) is 4.92. The molecule has 3 heterocycles. The average Bonchev–Trinajstić information content (AvgIpc) is 3.39. The molecule has 1 aliphatic heterocycles. The van der Waals surface area contributed by atoms with Crippen molar-refractivity contribution in [2.75, 3.05) is 12.4 Å². The summed E-state index contributed by atoms with van der Waals surface area (Å²) in [5.74, 6) is 2.44. The molecule has 1 aliphatic carbocycles. The smallest absolute Gasteiger partial charge is 0.226 e. The largest absolute Gasteiger partial charge is 0.497 e. The van der Waals surface area contributed by atoms with E-state index in [0.29, 0.717) is 12.5 Å². The van der Waals surface area contributed by atoms with Gasteiger partial charge in [0, 0.05) is 30.1 Å². The first-order valence-electron chi connectivity index (χ1n) is 10.7. The van der Waals surface area contributed by atoms with Gasteiger partial charge in [-0.3, -0.25) is 4.79 Å². The normalized spacial score (nSPS) is 19.4. The number of nitrogens with one attached hydrogen (secondary N) is 1. The maximum atomic E-state index is 12.7. The lowest BCUT2D eigenvalue weighted by atomic mass is 9.90. The van der Waals surface area contributed by atoms with E-state index in [1.54, 1.807) is 13.3 Å². The number of fused-ring (bicyclic) bond motifs is 1. The highest BCUT2D eigenvalue weighted by molar-refractivity contribution is 5.94. The van der Waals surface area contributed by atoms with Gasteiger partial charge in [0.1, 0.15) is 17.4 Å². The van der Waals surface area contributed by atoms with Gasteiger partial charge in [0.15, 0.2) is 0 Å². The van der Waals surface area contributed by atoms with E-state index in [1.807, 2.05) is 37.4 Å². The second kappa shape index (κ2) is 7.63. The molecule has 1 N–H and O–H groups in total. The number of rotatable bonds is 4. The van der Waals surface area contributed by atoms with Crippen molar-refractivity contribution in [1.82, 2.24) is 19.3 Å². The molecule has 7 heteroatoms. The molecule has 156 valence electrons. The first-order chi connectivity index (χ1) is 14.7. The lowest BCUT2D eigenvalue weighted by Crippen LogP contribution is -2.27. The number of benzene rings is 1. The van der Waals surface area contributed by atoms with Gasteiger partial charge in [-0.2, -0.15) is 5.10 Å². The maximum absolute atomic E-state index is 12.7. The van der Waals surface area contributed by atoms with Crippen LogP contribution in [0.3, 0.4) is 0 Å². The Bertz CT molecular complexity index is 1060. The molecule has 0 saturated heterocycles. The van der Waals surface area contributed by atoms with Crippen molar-refractivity contribution < 1.29 is 9.53 Å². The van der Waals surface area contributed by atoms with Crippen molar-refractivity contribution in [3.8, 4) is 11.4 Å². The number of aryl methyl sites for hydroxylation is 1. The molecule has 1 aromatic carbocycles. The van der Waals surface area contributed by atoms with Crippen molar-refractivity contribution in [3.63, 3.8) is 0 Å². The molecular weight excluding hydrogens is 378 g/mol. The minimum absolute atomic E-state index is 0.0220. The molecule has 1 saturated carbocycles. The standard InChI is InChI=1S/C23H27N5O2/c1-15-21-19(22-24-12-13-27(22)16-8-10-18(30-2)11-9-16)14-20(29)25-23(21)28(26-15)17-6-4-3-5-7-17/h8-13,17,19H,3-7,14H2,1-2H3,(H,25,29). The van der Waals surface area contributed by atoms with E-state index < -0.39 is 0 Å². The van der Waals surface area contributed by atoms with Crippen LogP contribution >= 0.6 is 0 Å². The molecule has 0 spiro atoms. The van der Waals surface area contributed by atoms with E-state index in [-0.39, 0.29) is 11.8 Å². The van der Waals surface area contributed by atoms with Gasteiger partial charge in [-0.25, -0.2) is 9.67 Å². The van der Waals surface area contributed by atoms with Crippen molar-refractivity contribution in [2.24, 2.45) is 0 Å². The lowest BCUT2D eigenvalue weighted by Gasteiger charge is -2.28. The molecule has 1 unspecified atom stereocenters. The van der Waals surface area contributed by atoms with Crippen LogP contribution in [-0.2, 0) is 4.79 Å². The van der Waals surface area contributed by atoms with E-state index in [1.165, 1.54) is 19.3 Å². The Morgan fingerprint density at radius 3 is 2.63 bits per heavy atom. The number of nitrogens with zero attached hydrogens (tertiary/aromatic N) is 4. The number of imidazole rings is 1. The number of hydrogen-bond donors (Lipinski definition) is 1. The minimum Gasteiger partial charge on any atom is -0.497 e. The Morgan fingerprint density at radius 2 is 1.90 bits per heavy atom. The monoisotopic (exact) mass is 405 g/mol. The van der Waals surface area contributed by atoms with Gasteiger partial charge in [0.05, 0.1) is 24.8 Å². The van der Waals surface area contributed by atoms with E-state index in [9.17, 15) is 4.79 Å². The summed E-state index contributed by atoms with van der Waals surface area (Å²) in [7, 11) is 1.66. The summed E-state index contributed by atoms with van der Waals surface area (Å²) >= 11 is 0. The highest BCUT2D eigenvalue weighted by Crippen LogP contribution is 2.42. The van der Waals surface area contributed by atoms with Gasteiger partial charge >= 0.3 is 0 Å². The SMILES string of the molecule is COc1ccc(-n2ccnc2C2CC(=O)Nc3c2c(C)nn3C2CCCCC2)cc1. The number of amides is 1. The third-order valence-electron chi connectivity index (χ3n) is 6.38. The number of ether oxygens (including phenoxy) is 1. The zero-order valence-corrected chi connectivity index (χ0v) is 17.5. The van der Waals surface area contributed by atoms with Crippen LogP contribution in [0.1, 0.15) is 67.6 Å². The second-order valence-corrected chi connectivity index (χ2v) is 8.24. The maximum Gasteiger partial charge on any atom is 0.226 e. The highest BCUT2D eigenvalue weighted by atomic mass is 16.5. The van der Waals surface area contributed by atoms with E-state index in [2.05, 4.69) is 19.5 Å². The van der Waals surface area contributed by atoms with Crippen molar-refractivity contribution in [2.45, 2.75) is 57.4 Å². The number of hydrogen-bond acceptors (Lipinski definition) is 4. The van der Waals surface area contributed by atoms with Crippen LogP contribution in [0.2, 0.25) is 0 Å². The molecule has 30 heavy (non-hydrogen) atoms. The van der Waals surface area contributed by atoms with Crippen LogP contribution in [-0.4, -0.2) is 32.3 Å². The summed E-state index contributed by atoms with van der Waals surface area (Å²) < 4.78 is 9.42. The Kier molecular flexibility index (Phi) is 4.81. The quantitative estimate of drug-likeness (QED) is 0.700. The Labute approximate surface area is 176 Å². The van der Waals surface area contributed by atoms with Crippen LogP contribution in [0.15, 0.2) is 36.7 Å². The fraction of sp³-hybridized carbons (Fsp3) is 0.435. The van der Waals surface area contributed by atoms with Crippen LogP contribution in [0.25, 0.3) is 5.69 Å². The third-order valence-corrected chi connectivity index (χ3v) is 6.38. The minimum atomic E-state index is -0.122. The van der Waals surface area contributed by atoms with Crippen molar-refractivity contribution in [3.05, 3.63) is 53.7 Å². The van der Waals surface area contributed by atoms with Crippen LogP contribution in [0.5, 0.6) is 5.75 Å². The molecule has 1 amide bonds. The third kappa shape index (κ3) is 3.18. The molecular formula is C23H27N5O2. The molecule has 7 nitrogen and oxygen atoms in total. The Hall–Kier alpha value is -3.09. The molecule has 5 rings (SSSR count). The summed E-state index contributed by atoms with van der Waals surface area (Å²) in [6.45, 7) is 2.04. The topological polar surface area (TPSA) is 74.0 Å². The van der Waals surface area contributed by atoms with Crippen molar-refractivity contribution >= 4 is 11.7 Å². The van der Waals surface area contributed by atoms with Gasteiger partial charge in [-0.15, -0.1) is 0 Å². The number of carbonyl (C=O) groups excluding carboxylic acids is 1. The van der Waals surface area contributed by atoms with Gasteiger partial charge in [-0.05, 0) is 44.0 Å². The van der Waals surface area contributed by atoms with Crippen LogP contribution < -0.4 is 10.1 Å². The van der Waals surface area contributed by atoms with Crippen LogP contribution in [0, 0.1) is 6.92 Å². The first-order valence-corrected chi connectivity index (χ1v) is 10.7. The van der Waals surface area contributed by atoms with E-state index in [0.717, 1.165) is 47.2 Å². The van der Waals surface area contributed by atoms with Gasteiger partial charge < -0.3 is 14.6 Å². The number of aromatic nitrogens is 4. The molecule has 2 aliphatic rings. The molecule has 3 aromatic rings. The molecule has 0 radical (unpaired) electrons. The number of anilines is 1. The van der Waals surface area contributed by atoms with Gasteiger partial charge in [-0.1, -0.05) is 19.3 Å². The van der Waals surface area contributed by atoms with E-state index in [4.69, 9.17) is 9.84 Å². The first kappa shape index (κ1) is 18.9. The summed E-state index contributed by atoms with van der Waals surface area (Å²) in [5, 5.41) is 8.00. The van der Waals surface area contributed by atoms with Crippen LogP contribution in [0.4, 0.5) is 5.82 Å². The van der Waals surface area contributed by atoms with Gasteiger partial charge in [0.25, 0.3) is 0 Å². The second-order valence-electron chi connectivity index (χ2n) is 8.24. The summed E-state index contributed by atoms with van der Waals surface area (Å²) in [6.07, 6.45) is 10.1. The number of methoxy groups -OCH3 is 1. The predicted octanol–water partition coefficient (Wildman–Crippen LogP) is 4.37. The predicted molar refractivity (Wildman–Crippen MR) is 114 cm³/mol. The zero-order chi connectivity index (χ0) is 20.7. The molecule has 2 aromatic heterocycles. The van der Waals surface area contributed by atoms with Crippen molar-refractivity contribution in [1.29, 1.82) is 0 Å². The molecule has 1 fully saturated rings. The fourth-order valence-electron chi connectivity index (χ4n) is 4.92. The van der Waals surface area contributed by atoms with Gasteiger partial charge in [0.2, 0.25) is 5.91 Å².